The highest BCUT2D eigenvalue weighted by atomic mass is 16.5. The van der Waals surface area contributed by atoms with Gasteiger partial charge in [-0.15, -0.1) is 0 Å². The van der Waals surface area contributed by atoms with Crippen molar-refractivity contribution >= 4 is 5.97 Å². The summed E-state index contributed by atoms with van der Waals surface area (Å²) in [5.41, 5.74) is 0.846. The number of carboxylic acids is 1. The molecular weight excluding hydrogens is 244 g/mol. The maximum atomic E-state index is 10.8. The number of rotatable bonds is 7. The number of carboxylic acid groups (broad SMARTS) is 1. The Labute approximate surface area is 114 Å². The van der Waals surface area contributed by atoms with Gasteiger partial charge in [0.15, 0.2) is 0 Å². The summed E-state index contributed by atoms with van der Waals surface area (Å²) < 4.78 is 10.5. The normalized spacial score (nSPS) is 11.2. The molecule has 0 amide bonds. The van der Waals surface area contributed by atoms with Crippen LogP contribution >= 0.6 is 0 Å². The number of aryl methyl sites for hydroxylation is 1. The third-order valence-electron chi connectivity index (χ3n) is 3.20. The van der Waals surface area contributed by atoms with Crippen LogP contribution in [0.5, 0.6) is 11.5 Å². The zero-order valence-corrected chi connectivity index (χ0v) is 12.0. The standard InChI is InChI=1S/C15H22O4/c1-15(2,10-14(16)17)8-7-11-5-6-12(18-3)9-13(11)19-4/h5-6,9H,7-8,10H2,1-4H3,(H,16,17). The van der Waals surface area contributed by atoms with Gasteiger partial charge in [-0.3, -0.25) is 4.79 Å². The van der Waals surface area contributed by atoms with Crippen LogP contribution in [0.15, 0.2) is 18.2 Å². The van der Waals surface area contributed by atoms with Crippen LogP contribution in [0.3, 0.4) is 0 Å². The van der Waals surface area contributed by atoms with E-state index in [4.69, 9.17) is 14.6 Å². The number of carbonyl (C=O) groups is 1. The van der Waals surface area contributed by atoms with Crippen molar-refractivity contribution in [1.29, 1.82) is 0 Å². The molecule has 0 fully saturated rings. The van der Waals surface area contributed by atoms with E-state index >= 15 is 0 Å². The van der Waals surface area contributed by atoms with Gasteiger partial charge >= 0.3 is 5.97 Å². The van der Waals surface area contributed by atoms with Gasteiger partial charge < -0.3 is 14.6 Å². The van der Waals surface area contributed by atoms with E-state index in [2.05, 4.69) is 0 Å². The number of benzene rings is 1. The number of ether oxygens (including phenoxy) is 2. The molecule has 19 heavy (non-hydrogen) atoms. The predicted molar refractivity (Wildman–Crippen MR) is 73.9 cm³/mol. The molecule has 0 saturated carbocycles. The number of hydrogen-bond donors (Lipinski definition) is 1. The highest BCUT2D eigenvalue weighted by Gasteiger charge is 2.22. The van der Waals surface area contributed by atoms with Gasteiger partial charge in [-0.1, -0.05) is 19.9 Å². The van der Waals surface area contributed by atoms with E-state index in [1.165, 1.54) is 0 Å². The third-order valence-corrected chi connectivity index (χ3v) is 3.20. The summed E-state index contributed by atoms with van der Waals surface area (Å²) in [4.78, 5) is 10.8. The second kappa shape index (κ2) is 6.45. The van der Waals surface area contributed by atoms with Crippen LogP contribution < -0.4 is 9.47 Å². The van der Waals surface area contributed by atoms with Crippen LogP contribution in [0.1, 0.15) is 32.3 Å². The predicted octanol–water partition coefficient (Wildman–Crippen LogP) is 3.14. The zero-order valence-electron chi connectivity index (χ0n) is 12.0. The minimum absolute atomic E-state index is 0.172. The van der Waals surface area contributed by atoms with Crippen molar-refractivity contribution in [3.05, 3.63) is 23.8 Å². The molecule has 1 rings (SSSR count). The Bertz CT molecular complexity index is 438. The van der Waals surface area contributed by atoms with Crippen molar-refractivity contribution in [3.8, 4) is 11.5 Å². The summed E-state index contributed by atoms with van der Waals surface area (Å²) in [7, 11) is 3.24. The van der Waals surface area contributed by atoms with Gasteiger partial charge in [-0.25, -0.2) is 0 Å². The minimum atomic E-state index is -0.758. The molecule has 1 aromatic carbocycles. The van der Waals surface area contributed by atoms with E-state index in [0.717, 1.165) is 29.9 Å². The summed E-state index contributed by atoms with van der Waals surface area (Å²) in [6, 6.07) is 5.70. The smallest absolute Gasteiger partial charge is 0.303 e. The van der Waals surface area contributed by atoms with Crippen molar-refractivity contribution in [2.45, 2.75) is 33.1 Å². The molecule has 4 nitrogen and oxygen atoms in total. The highest BCUT2D eigenvalue weighted by molar-refractivity contribution is 5.67. The maximum absolute atomic E-state index is 10.8. The average molecular weight is 266 g/mol. The van der Waals surface area contributed by atoms with Crippen LogP contribution in [0.4, 0.5) is 0 Å². The Balaban J connectivity index is 2.74. The number of methoxy groups -OCH3 is 2. The largest absolute Gasteiger partial charge is 0.497 e. The van der Waals surface area contributed by atoms with Crippen molar-refractivity contribution in [1.82, 2.24) is 0 Å². The molecule has 0 aliphatic rings. The van der Waals surface area contributed by atoms with Crippen LogP contribution in [0.2, 0.25) is 0 Å². The first-order valence-corrected chi connectivity index (χ1v) is 6.30. The first-order valence-electron chi connectivity index (χ1n) is 6.30. The van der Waals surface area contributed by atoms with E-state index in [0.29, 0.717) is 0 Å². The lowest BCUT2D eigenvalue weighted by Crippen LogP contribution is -2.17. The van der Waals surface area contributed by atoms with E-state index in [9.17, 15) is 4.79 Å². The van der Waals surface area contributed by atoms with Gasteiger partial charge in [-0.05, 0) is 29.9 Å². The Morgan fingerprint density at radius 3 is 2.47 bits per heavy atom. The van der Waals surface area contributed by atoms with E-state index in [1.54, 1.807) is 14.2 Å². The van der Waals surface area contributed by atoms with Crippen molar-refractivity contribution in [3.63, 3.8) is 0 Å². The number of hydrogen-bond acceptors (Lipinski definition) is 3. The molecule has 1 N–H and O–H groups in total. The molecule has 106 valence electrons. The fourth-order valence-corrected chi connectivity index (χ4v) is 2.03. The number of aliphatic carboxylic acids is 1. The van der Waals surface area contributed by atoms with Crippen molar-refractivity contribution in [2.75, 3.05) is 14.2 Å². The fraction of sp³-hybridized carbons (Fsp3) is 0.533. The molecule has 0 saturated heterocycles. The van der Waals surface area contributed by atoms with E-state index in [-0.39, 0.29) is 11.8 Å². The molecule has 0 bridgehead atoms. The van der Waals surface area contributed by atoms with Crippen LogP contribution in [0.25, 0.3) is 0 Å². The molecule has 0 radical (unpaired) electrons. The summed E-state index contributed by atoms with van der Waals surface area (Å²) >= 11 is 0. The van der Waals surface area contributed by atoms with Crippen molar-refractivity contribution in [2.24, 2.45) is 5.41 Å². The second-order valence-electron chi connectivity index (χ2n) is 5.41. The molecule has 0 heterocycles. The lowest BCUT2D eigenvalue weighted by molar-refractivity contribution is -0.139. The zero-order chi connectivity index (χ0) is 14.5. The Kier molecular flexibility index (Phi) is 5.21. The lowest BCUT2D eigenvalue weighted by Gasteiger charge is -2.22. The maximum Gasteiger partial charge on any atom is 0.303 e. The Hall–Kier alpha value is -1.71. The van der Waals surface area contributed by atoms with Gasteiger partial charge in [-0.2, -0.15) is 0 Å². The minimum Gasteiger partial charge on any atom is -0.497 e. The molecule has 0 aliphatic carbocycles. The van der Waals surface area contributed by atoms with Gasteiger partial charge in [0.25, 0.3) is 0 Å². The molecule has 0 aromatic heterocycles. The van der Waals surface area contributed by atoms with Crippen molar-refractivity contribution < 1.29 is 19.4 Å². The Morgan fingerprint density at radius 1 is 1.26 bits per heavy atom. The quantitative estimate of drug-likeness (QED) is 0.823. The van der Waals surface area contributed by atoms with Gasteiger partial charge in [0.05, 0.1) is 20.6 Å². The van der Waals surface area contributed by atoms with Gasteiger partial charge in [0, 0.05) is 6.07 Å². The summed E-state index contributed by atoms with van der Waals surface area (Å²) in [5.74, 6) is 0.780. The molecular formula is C15H22O4. The lowest BCUT2D eigenvalue weighted by atomic mass is 9.83. The SMILES string of the molecule is COc1ccc(CCC(C)(C)CC(=O)O)c(OC)c1. The van der Waals surface area contributed by atoms with Gasteiger partial charge in [0.2, 0.25) is 0 Å². The molecule has 0 aliphatic heterocycles. The van der Waals surface area contributed by atoms with E-state index < -0.39 is 5.97 Å². The van der Waals surface area contributed by atoms with Gasteiger partial charge in [0.1, 0.15) is 11.5 Å². The second-order valence-corrected chi connectivity index (χ2v) is 5.41. The first-order chi connectivity index (χ1) is 8.88. The molecule has 0 atom stereocenters. The van der Waals surface area contributed by atoms with Crippen LogP contribution in [0, 0.1) is 5.41 Å². The molecule has 4 heteroatoms. The fourth-order valence-electron chi connectivity index (χ4n) is 2.03. The average Bonchev–Trinajstić information content (AvgIpc) is 2.34. The third kappa shape index (κ3) is 4.81. The highest BCUT2D eigenvalue weighted by Crippen LogP contribution is 2.31. The molecule has 0 unspecified atom stereocenters. The van der Waals surface area contributed by atoms with Crippen LogP contribution in [-0.2, 0) is 11.2 Å². The summed E-state index contributed by atoms with van der Waals surface area (Å²) in [6.07, 6.45) is 1.75. The Morgan fingerprint density at radius 2 is 1.95 bits per heavy atom. The van der Waals surface area contributed by atoms with E-state index in [1.807, 2.05) is 32.0 Å². The summed E-state index contributed by atoms with van der Waals surface area (Å²) in [5, 5.41) is 8.87. The monoisotopic (exact) mass is 266 g/mol. The summed E-state index contributed by atoms with van der Waals surface area (Å²) in [6.45, 7) is 3.94. The topological polar surface area (TPSA) is 55.8 Å². The van der Waals surface area contributed by atoms with Crippen LogP contribution in [-0.4, -0.2) is 25.3 Å². The molecule has 1 aromatic rings. The molecule has 0 spiro atoms. The first kappa shape index (κ1) is 15.3.